The van der Waals surface area contributed by atoms with Crippen LogP contribution in [0.2, 0.25) is 0 Å². The maximum absolute atomic E-state index is 4.00. The van der Waals surface area contributed by atoms with Crippen molar-refractivity contribution in [2.45, 2.75) is 6.42 Å². The van der Waals surface area contributed by atoms with Gasteiger partial charge in [0.2, 0.25) is 0 Å². The Hall–Kier alpha value is -0.860. The summed E-state index contributed by atoms with van der Waals surface area (Å²) in [5.74, 6) is 0. The van der Waals surface area contributed by atoms with Crippen LogP contribution >= 0.6 is 0 Å². The summed E-state index contributed by atoms with van der Waals surface area (Å²) in [6.07, 6.45) is 1.06. The molecule has 0 radical (unpaired) electrons. The molecule has 0 fully saturated rings. The van der Waals surface area contributed by atoms with Gasteiger partial charge < -0.3 is 4.90 Å². The van der Waals surface area contributed by atoms with E-state index in [-0.39, 0.29) is 0 Å². The molecule has 0 aliphatic rings. The molecule has 0 aliphatic heterocycles. The van der Waals surface area contributed by atoms with E-state index in [0.717, 1.165) is 19.5 Å². The smallest absolute Gasteiger partial charge is 0.114 e. The van der Waals surface area contributed by atoms with Crippen LogP contribution in [0.1, 0.15) is 6.42 Å². The molecule has 0 aliphatic carbocycles. The zero-order valence-electron chi connectivity index (χ0n) is 8.41. The van der Waals surface area contributed by atoms with E-state index in [0.29, 0.717) is 0 Å². The predicted molar refractivity (Wildman–Crippen MR) is 51.6 cm³/mol. The molecule has 0 atom stereocenters. The molecule has 0 N–H and O–H groups in total. The lowest BCUT2D eigenvalue weighted by molar-refractivity contribution is 0.403. The molecule has 0 aromatic carbocycles. The highest BCUT2D eigenvalue weighted by atomic mass is 15.4. The zero-order valence-corrected chi connectivity index (χ0v) is 8.41. The van der Waals surface area contributed by atoms with Crippen molar-refractivity contribution >= 4 is 6.01 Å². The molecular formula is C8H18N4. The highest BCUT2D eigenvalue weighted by Crippen LogP contribution is 1.82. The largest absolute Gasteiger partial charge is 0.309 e. The molecule has 0 aromatic heterocycles. The summed E-state index contributed by atoms with van der Waals surface area (Å²) >= 11 is 0. The third-order valence-corrected chi connectivity index (χ3v) is 1.19. The molecule has 0 bridgehead atoms. The van der Waals surface area contributed by atoms with Gasteiger partial charge in [-0.05, 0) is 27.1 Å². The maximum atomic E-state index is 4.00. The van der Waals surface area contributed by atoms with Crippen LogP contribution in [0.3, 0.4) is 0 Å². The van der Waals surface area contributed by atoms with Gasteiger partial charge in [0.05, 0.1) is 6.54 Å². The first kappa shape index (κ1) is 11.1. The van der Waals surface area contributed by atoms with E-state index in [1.54, 1.807) is 5.01 Å². The van der Waals surface area contributed by atoms with Gasteiger partial charge in [0.1, 0.15) is 6.01 Å². The van der Waals surface area contributed by atoms with Gasteiger partial charge in [0.15, 0.2) is 0 Å². The lowest BCUT2D eigenvalue weighted by atomic mass is 10.4. The third-order valence-electron chi connectivity index (χ3n) is 1.19. The van der Waals surface area contributed by atoms with Gasteiger partial charge >= 0.3 is 0 Å². The summed E-state index contributed by atoms with van der Waals surface area (Å²) in [4.78, 5) is 6.14. The van der Waals surface area contributed by atoms with Crippen LogP contribution in [0, 0.1) is 0 Å². The Balaban J connectivity index is 3.36. The molecule has 0 spiro atoms. The standard InChI is InChI=1S/C8H18N4/c1-11(2)7-5-6-9-8-10-12(3)4/h5-7H2,1-4H3. The predicted octanol–water partition coefficient (Wildman–Crippen LogP) is 0.589. The second-order valence-electron chi connectivity index (χ2n) is 3.09. The molecule has 70 valence electrons. The van der Waals surface area contributed by atoms with Gasteiger partial charge in [-0.25, -0.2) is 4.99 Å². The summed E-state index contributed by atoms with van der Waals surface area (Å²) in [6, 6.07) is 2.62. The molecular weight excluding hydrogens is 152 g/mol. The van der Waals surface area contributed by atoms with Crippen LogP contribution in [-0.2, 0) is 0 Å². The highest BCUT2D eigenvalue weighted by Gasteiger charge is 1.86. The molecule has 0 amide bonds. The van der Waals surface area contributed by atoms with Gasteiger partial charge in [-0.15, -0.1) is 5.10 Å². The molecule has 0 aromatic rings. The Bertz CT molecular complexity index is 156. The van der Waals surface area contributed by atoms with E-state index in [1.165, 1.54) is 0 Å². The summed E-state index contributed by atoms with van der Waals surface area (Å²) in [5, 5.41) is 5.52. The first-order chi connectivity index (χ1) is 5.63. The Labute approximate surface area is 74.6 Å². The molecule has 4 heteroatoms. The van der Waals surface area contributed by atoms with Crippen LogP contribution in [-0.4, -0.2) is 57.2 Å². The fraction of sp³-hybridized carbons (Fsp3) is 0.875. The van der Waals surface area contributed by atoms with Crippen molar-refractivity contribution in [1.29, 1.82) is 0 Å². The summed E-state index contributed by atoms with van der Waals surface area (Å²) in [5.41, 5.74) is 0. The highest BCUT2D eigenvalue weighted by molar-refractivity contribution is 5.40. The van der Waals surface area contributed by atoms with Gasteiger partial charge in [0, 0.05) is 14.1 Å². The molecule has 12 heavy (non-hydrogen) atoms. The number of hydrazone groups is 1. The minimum Gasteiger partial charge on any atom is -0.309 e. The third kappa shape index (κ3) is 9.14. The van der Waals surface area contributed by atoms with Crippen LogP contribution in [0.25, 0.3) is 0 Å². The summed E-state index contributed by atoms with van der Waals surface area (Å²) in [7, 11) is 7.81. The maximum Gasteiger partial charge on any atom is 0.114 e. The number of nitrogens with zero attached hydrogens (tertiary/aromatic N) is 4. The van der Waals surface area contributed by atoms with Crippen molar-refractivity contribution in [3.05, 3.63) is 0 Å². The number of hydrogen-bond acceptors (Lipinski definition) is 4. The van der Waals surface area contributed by atoms with Gasteiger partial charge in [-0.2, -0.15) is 0 Å². The van der Waals surface area contributed by atoms with E-state index < -0.39 is 0 Å². The molecule has 0 saturated carbocycles. The van der Waals surface area contributed by atoms with E-state index in [1.807, 2.05) is 14.1 Å². The molecule has 0 heterocycles. The Morgan fingerprint density at radius 3 is 2.33 bits per heavy atom. The van der Waals surface area contributed by atoms with Crippen molar-refractivity contribution in [1.82, 2.24) is 9.91 Å². The topological polar surface area (TPSA) is 31.2 Å². The Morgan fingerprint density at radius 1 is 1.17 bits per heavy atom. The van der Waals surface area contributed by atoms with Crippen molar-refractivity contribution in [2.75, 3.05) is 41.3 Å². The van der Waals surface area contributed by atoms with Crippen molar-refractivity contribution in [2.24, 2.45) is 10.1 Å². The van der Waals surface area contributed by atoms with Crippen LogP contribution in [0.4, 0.5) is 0 Å². The zero-order chi connectivity index (χ0) is 9.40. The minimum atomic E-state index is 0.801. The monoisotopic (exact) mass is 170 g/mol. The van der Waals surface area contributed by atoms with Crippen molar-refractivity contribution in [3.8, 4) is 0 Å². The fourth-order valence-electron chi connectivity index (χ4n) is 0.637. The van der Waals surface area contributed by atoms with Crippen molar-refractivity contribution < 1.29 is 0 Å². The van der Waals surface area contributed by atoms with Gasteiger partial charge in [-0.3, -0.25) is 5.01 Å². The van der Waals surface area contributed by atoms with Gasteiger partial charge in [0.25, 0.3) is 0 Å². The second-order valence-corrected chi connectivity index (χ2v) is 3.09. The molecule has 0 rings (SSSR count). The Morgan fingerprint density at radius 2 is 1.83 bits per heavy atom. The van der Waals surface area contributed by atoms with E-state index in [9.17, 15) is 0 Å². The summed E-state index contributed by atoms with van der Waals surface area (Å²) < 4.78 is 0. The quantitative estimate of drug-likeness (QED) is 0.343. The van der Waals surface area contributed by atoms with Crippen LogP contribution in [0.15, 0.2) is 10.1 Å². The average molecular weight is 170 g/mol. The Kier molecular flexibility index (Phi) is 6.34. The normalized spacial score (nSPS) is 9.42. The summed E-state index contributed by atoms with van der Waals surface area (Å²) in [6.45, 7) is 1.86. The number of hydrogen-bond donors (Lipinski definition) is 0. The number of rotatable bonds is 5. The average Bonchev–Trinajstić information content (AvgIpc) is 1.95. The van der Waals surface area contributed by atoms with E-state index in [4.69, 9.17) is 0 Å². The molecule has 0 unspecified atom stereocenters. The van der Waals surface area contributed by atoms with E-state index in [2.05, 4.69) is 35.1 Å². The lowest BCUT2D eigenvalue weighted by Gasteiger charge is -2.05. The first-order valence-electron chi connectivity index (χ1n) is 4.07. The van der Waals surface area contributed by atoms with E-state index >= 15 is 0 Å². The van der Waals surface area contributed by atoms with Gasteiger partial charge in [-0.1, -0.05) is 0 Å². The fourth-order valence-corrected chi connectivity index (χ4v) is 0.637. The molecule has 4 nitrogen and oxygen atoms in total. The number of aliphatic imine (C=N–C) groups is 1. The van der Waals surface area contributed by atoms with Crippen LogP contribution < -0.4 is 0 Å². The minimum absolute atomic E-state index is 0.801. The second kappa shape index (κ2) is 6.83. The molecule has 0 saturated heterocycles. The lowest BCUT2D eigenvalue weighted by Crippen LogP contribution is -2.13. The van der Waals surface area contributed by atoms with Crippen LogP contribution in [0.5, 0.6) is 0 Å². The first-order valence-corrected chi connectivity index (χ1v) is 4.07. The SMILES string of the molecule is CN(C)CCCN=C=NN(C)C. The van der Waals surface area contributed by atoms with Crippen molar-refractivity contribution in [3.63, 3.8) is 0 Å².